The molecule has 8 heteroatoms. The molecule has 0 bridgehead atoms. The summed E-state index contributed by atoms with van der Waals surface area (Å²) in [5.74, 6) is 1.33. The highest BCUT2D eigenvalue weighted by Crippen LogP contribution is 2.26. The molecule has 158 valence electrons. The Balaban J connectivity index is 1.80. The molecular formula is C22H26N4O4. The van der Waals surface area contributed by atoms with Crippen LogP contribution in [-0.4, -0.2) is 49.6 Å². The molecule has 1 atom stereocenters. The number of fused-ring (bicyclic) bond motifs is 1. The second-order valence-electron chi connectivity index (χ2n) is 7.84. The number of furan rings is 1. The third-order valence-corrected chi connectivity index (χ3v) is 5.63. The molecule has 4 heterocycles. The molecule has 1 aliphatic heterocycles. The SMILES string of the molecule is C=CCn1c(-c2cc(C)oc2C)cn2cc(C(=O)N3CCC[C@H](CO)C3)nc2c1=O. The van der Waals surface area contributed by atoms with Crippen molar-refractivity contribution in [1.29, 1.82) is 0 Å². The number of aliphatic hydroxyl groups excluding tert-OH is 1. The van der Waals surface area contributed by atoms with Crippen LogP contribution in [0.2, 0.25) is 0 Å². The highest BCUT2D eigenvalue weighted by molar-refractivity contribution is 5.93. The van der Waals surface area contributed by atoms with Gasteiger partial charge in [0, 0.05) is 44.2 Å². The van der Waals surface area contributed by atoms with Crippen LogP contribution < -0.4 is 5.56 Å². The number of aliphatic hydroxyl groups is 1. The molecule has 4 rings (SSSR count). The average Bonchev–Trinajstić information content (AvgIpc) is 3.32. The summed E-state index contributed by atoms with van der Waals surface area (Å²) >= 11 is 0. The lowest BCUT2D eigenvalue weighted by Gasteiger charge is -2.31. The van der Waals surface area contributed by atoms with E-state index in [0.717, 1.165) is 24.2 Å². The van der Waals surface area contributed by atoms with Crippen molar-refractivity contribution in [2.75, 3.05) is 19.7 Å². The maximum absolute atomic E-state index is 13.2. The number of carbonyl (C=O) groups is 1. The summed E-state index contributed by atoms with van der Waals surface area (Å²) in [4.78, 5) is 32.2. The number of allylic oxidation sites excluding steroid dienone is 1. The number of nitrogens with zero attached hydrogens (tertiary/aromatic N) is 4. The molecule has 0 aliphatic carbocycles. The minimum atomic E-state index is -0.295. The average molecular weight is 410 g/mol. The van der Waals surface area contributed by atoms with Gasteiger partial charge < -0.3 is 14.4 Å². The first-order chi connectivity index (χ1) is 14.4. The van der Waals surface area contributed by atoms with Gasteiger partial charge in [-0.25, -0.2) is 4.98 Å². The molecule has 8 nitrogen and oxygen atoms in total. The fraction of sp³-hybridized carbons (Fsp3) is 0.409. The van der Waals surface area contributed by atoms with Crippen LogP contribution >= 0.6 is 0 Å². The Morgan fingerprint density at radius 1 is 1.40 bits per heavy atom. The molecule has 30 heavy (non-hydrogen) atoms. The van der Waals surface area contributed by atoms with Crippen molar-refractivity contribution in [2.24, 2.45) is 5.92 Å². The van der Waals surface area contributed by atoms with E-state index in [2.05, 4.69) is 11.6 Å². The van der Waals surface area contributed by atoms with Gasteiger partial charge in [-0.2, -0.15) is 0 Å². The predicted molar refractivity (Wildman–Crippen MR) is 113 cm³/mol. The second-order valence-corrected chi connectivity index (χ2v) is 7.84. The number of aryl methyl sites for hydroxylation is 2. The van der Waals surface area contributed by atoms with E-state index in [9.17, 15) is 14.7 Å². The number of hydrogen-bond acceptors (Lipinski definition) is 5. The topological polar surface area (TPSA) is 93.0 Å². The van der Waals surface area contributed by atoms with Gasteiger partial charge in [0.25, 0.3) is 11.5 Å². The second kappa shape index (κ2) is 7.95. The first kappa shape index (κ1) is 20.2. The maximum Gasteiger partial charge on any atom is 0.295 e. The maximum atomic E-state index is 13.2. The van der Waals surface area contributed by atoms with Crippen LogP contribution in [0, 0.1) is 19.8 Å². The standard InChI is InChI=1S/C22H26N4O4/c1-4-7-26-19(17-9-14(2)30-15(17)3)12-25-11-18(23-20(25)22(26)29)21(28)24-8-5-6-16(10-24)13-27/h4,9,11-12,16,27H,1,5-8,10,13H2,2-3H3/t16-/m0/s1. The van der Waals surface area contributed by atoms with Crippen LogP contribution in [0.3, 0.4) is 0 Å². The monoisotopic (exact) mass is 410 g/mol. The lowest BCUT2D eigenvalue weighted by molar-refractivity contribution is 0.0615. The Morgan fingerprint density at radius 3 is 2.87 bits per heavy atom. The van der Waals surface area contributed by atoms with Crippen LogP contribution in [0.1, 0.15) is 34.9 Å². The Kier molecular flexibility index (Phi) is 5.34. The van der Waals surface area contributed by atoms with Gasteiger partial charge in [0.15, 0.2) is 0 Å². The molecule has 0 aromatic carbocycles. The van der Waals surface area contributed by atoms with Crippen LogP contribution in [0.5, 0.6) is 0 Å². The van der Waals surface area contributed by atoms with Crippen molar-refractivity contribution in [1.82, 2.24) is 18.9 Å². The van der Waals surface area contributed by atoms with Crippen LogP contribution in [0.25, 0.3) is 16.9 Å². The van der Waals surface area contributed by atoms with E-state index in [1.54, 1.807) is 32.3 Å². The zero-order valence-corrected chi connectivity index (χ0v) is 17.3. The fourth-order valence-electron chi connectivity index (χ4n) is 4.16. The smallest absolute Gasteiger partial charge is 0.295 e. The molecule has 1 fully saturated rings. The lowest BCUT2D eigenvalue weighted by atomic mass is 9.99. The van der Waals surface area contributed by atoms with E-state index in [0.29, 0.717) is 31.1 Å². The van der Waals surface area contributed by atoms with Crippen molar-refractivity contribution in [3.63, 3.8) is 0 Å². The van der Waals surface area contributed by atoms with Crippen molar-refractivity contribution in [3.05, 3.63) is 58.7 Å². The van der Waals surface area contributed by atoms with Crippen LogP contribution in [0.4, 0.5) is 0 Å². The molecule has 1 saturated heterocycles. The van der Waals surface area contributed by atoms with Gasteiger partial charge in [-0.05, 0) is 38.7 Å². The number of aromatic nitrogens is 3. The van der Waals surface area contributed by atoms with Gasteiger partial charge in [0.1, 0.15) is 17.2 Å². The summed E-state index contributed by atoms with van der Waals surface area (Å²) in [6.07, 6.45) is 6.81. The van der Waals surface area contributed by atoms with E-state index in [1.165, 1.54) is 0 Å². The van der Waals surface area contributed by atoms with Crippen LogP contribution in [-0.2, 0) is 6.54 Å². The number of piperidine rings is 1. The zero-order chi connectivity index (χ0) is 21.4. The van der Waals surface area contributed by atoms with Crippen molar-refractivity contribution in [2.45, 2.75) is 33.2 Å². The number of imidazole rings is 1. The fourth-order valence-corrected chi connectivity index (χ4v) is 4.16. The zero-order valence-electron chi connectivity index (χ0n) is 17.3. The highest BCUT2D eigenvalue weighted by atomic mass is 16.3. The number of rotatable bonds is 5. The van der Waals surface area contributed by atoms with Crippen LogP contribution in [0.15, 0.2) is 40.3 Å². The lowest BCUT2D eigenvalue weighted by Crippen LogP contribution is -2.41. The third-order valence-electron chi connectivity index (χ3n) is 5.63. The number of amides is 1. The first-order valence-corrected chi connectivity index (χ1v) is 10.1. The third kappa shape index (κ3) is 3.47. The van der Waals surface area contributed by atoms with E-state index < -0.39 is 0 Å². The Hall–Kier alpha value is -3.13. The summed E-state index contributed by atoms with van der Waals surface area (Å²) in [5.41, 5.74) is 1.62. The molecule has 0 spiro atoms. The summed E-state index contributed by atoms with van der Waals surface area (Å²) in [6, 6.07) is 1.89. The molecule has 3 aromatic rings. The molecule has 1 amide bonds. The van der Waals surface area contributed by atoms with Gasteiger partial charge in [0.05, 0.1) is 5.69 Å². The summed E-state index contributed by atoms with van der Waals surface area (Å²) in [7, 11) is 0. The Bertz CT molecular complexity index is 1170. The number of hydrogen-bond donors (Lipinski definition) is 1. The number of carbonyl (C=O) groups excluding carboxylic acids is 1. The molecule has 0 saturated carbocycles. The summed E-state index contributed by atoms with van der Waals surface area (Å²) in [6.45, 7) is 8.98. The Morgan fingerprint density at radius 2 is 2.20 bits per heavy atom. The highest BCUT2D eigenvalue weighted by Gasteiger charge is 2.26. The van der Waals surface area contributed by atoms with E-state index in [-0.39, 0.29) is 35.3 Å². The summed E-state index contributed by atoms with van der Waals surface area (Å²) in [5, 5.41) is 9.44. The van der Waals surface area contributed by atoms with E-state index >= 15 is 0 Å². The predicted octanol–water partition coefficient (Wildman–Crippen LogP) is 2.40. The summed E-state index contributed by atoms with van der Waals surface area (Å²) < 4.78 is 8.85. The van der Waals surface area contributed by atoms with E-state index in [4.69, 9.17) is 4.42 Å². The molecular weight excluding hydrogens is 384 g/mol. The number of likely N-dealkylation sites (tertiary alicyclic amines) is 1. The molecule has 1 N–H and O–H groups in total. The van der Waals surface area contributed by atoms with E-state index in [1.807, 2.05) is 19.9 Å². The minimum Gasteiger partial charge on any atom is -0.466 e. The molecule has 0 unspecified atom stereocenters. The van der Waals surface area contributed by atoms with Crippen molar-refractivity contribution < 1.29 is 14.3 Å². The van der Waals surface area contributed by atoms with Gasteiger partial charge >= 0.3 is 0 Å². The minimum absolute atomic E-state index is 0.0635. The largest absolute Gasteiger partial charge is 0.466 e. The Labute approximate surface area is 174 Å². The van der Waals surface area contributed by atoms with Gasteiger partial charge in [-0.3, -0.25) is 18.6 Å². The van der Waals surface area contributed by atoms with Gasteiger partial charge in [0.2, 0.25) is 5.65 Å². The molecule has 3 aromatic heterocycles. The van der Waals surface area contributed by atoms with Crippen molar-refractivity contribution in [3.8, 4) is 11.3 Å². The van der Waals surface area contributed by atoms with Gasteiger partial charge in [-0.15, -0.1) is 6.58 Å². The van der Waals surface area contributed by atoms with Crippen molar-refractivity contribution >= 4 is 11.6 Å². The normalized spacial score (nSPS) is 16.9. The quantitative estimate of drug-likeness (QED) is 0.652. The first-order valence-electron chi connectivity index (χ1n) is 10.1. The molecule has 1 aliphatic rings. The molecule has 0 radical (unpaired) electrons. The van der Waals surface area contributed by atoms with Gasteiger partial charge in [-0.1, -0.05) is 6.08 Å².